The van der Waals surface area contributed by atoms with Gasteiger partial charge in [0.05, 0.1) is 23.5 Å². The highest BCUT2D eigenvalue weighted by atomic mass is 16.4. The lowest BCUT2D eigenvalue weighted by Crippen LogP contribution is -2.38. The molecular formula is C27H26N6O4. The summed E-state index contributed by atoms with van der Waals surface area (Å²) in [6.45, 7) is 4.57. The van der Waals surface area contributed by atoms with Gasteiger partial charge in [-0.3, -0.25) is 23.7 Å². The summed E-state index contributed by atoms with van der Waals surface area (Å²) in [4.78, 5) is 38.3. The molecule has 0 aliphatic carbocycles. The number of H-pyrrole nitrogens is 1. The van der Waals surface area contributed by atoms with E-state index in [1.807, 2.05) is 44.2 Å². The molecule has 2 N–H and O–H groups in total. The number of aromatic amines is 1. The predicted octanol–water partition coefficient (Wildman–Crippen LogP) is 3.36. The number of aromatic nitrogens is 6. The smallest absolute Gasteiger partial charge is 0.335 e. The number of benzene rings is 2. The molecule has 2 aromatic carbocycles. The fraction of sp³-hybridized carbons (Fsp3) is 0.222. The molecule has 0 atom stereocenters. The number of nitrogens with one attached hydrogen (secondary N) is 1. The Balaban J connectivity index is 1.81. The fourth-order valence-electron chi connectivity index (χ4n) is 4.54. The third kappa shape index (κ3) is 4.26. The van der Waals surface area contributed by atoms with E-state index < -0.39 is 17.2 Å². The molecule has 0 saturated heterocycles. The van der Waals surface area contributed by atoms with Crippen LogP contribution in [0.1, 0.15) is 29.8 Å². The van der Waals surface area contributed by atoms with E-state index in [1.54, 1.807) is 23.0 Å². The first kappa shape index (κ1) is 24.0. The molecule has 0 aliphatic heterocycles. The molecule has 5 rings (SSSR count). The van der Waals surface area contributed by atoms with Gasteiger partial charge in [0.15, 0.2) is 5.65 Å². The minimum atomic E-state index is -1.08. The molecule has 0 spiro atoms. The van der Waals surface area contributed by atoms with Crippen LogP contribution < -0.4 is 11.2 Å². The molecule has 0 fully saturated rings. The second-order valence-corrected chi connectivity index (χ2v) is 9.37. The van der Waals surface area contributed by atoms with Crippen molar-refractivity contribution in [2.24, 2.45) is 13.0 Å². The monoisotopic (exact) mass is 498 g/mol. The van der Waals surface area contributed by atoms with Gasteiger partial charge >= 0.3 is 11.7 Å². The molecule has 188 valence electrons. The minimum Gasteiger partial charge on any atom is -0.478 e. The van der Waals surface area contributed by atoms with Crippen molar-refractivity contribution in [3.05, 3.63) is 92.8 Å². The van der Waals surface area contributed by atoms with E-state index in [9.17, 15) is 19.5 Å². The van der Waals surface area contributed by atoms with Crippen LogP contribution in [0, 0.1) is 5.92 Å². The minimum absolute atomic E-state index is 0.0824. The normalized spacial score (nSPS) is 11.5. The first-order valence-electron chi connectivity index (χ1n) is 11.9. The predicted molar refractivity (Wildman–Crippen MR) is 140 cm³/mol. The summed E-state index contributed by atoms with van der Waals surface area (Å²) < 4.78 is 4.24. The summed E-state index contributed by atoms with van der Waals surface area (Å²) in [5, 5.41) is 21.9. The summed E-state index contributed by atoms with van der Waals surface area (Å²) >= 11 is 0. The number of hydrogen-bond acceptors (Lipinski definition) is 5. The number of fused-ring (bicyclic) bond motifs is 1. The molecule has 0 amide bonds. The Kier molecular flexibility index (Phi) is 6.08. The average Bonchev–Trinajstić information content (AvgIpc) is 3.51. The first-order valence-corrected chi connectivity index (χ1v) is 11.9. The van der Waals surface area contributed by atoms with Gasteiger partial charge in [0.2, 0.25) is 0 Å². The number of nitrogens with zero attached hydrogens (tertiary/aromatic N) is 5. The number of hydrogen-bond donors (Lipinski definition) is 2. The highest BCUT2D eigenvalue weighted by Crippen LogP contribution is 2.30. The molecule has 0 radical (unpaired) electrons. The van der Waals surface area contributed by atoms with Gasteiger partial charge in [-0.2, -0.15) is 10.2 Å². The molecule has 0 aliphatic rings. The lowest BCUT2D eigenvalue weighted by molar-refractivity contribution is 0.0697. The fourth-order valence-corrected chi connectivity index (χ4v) is 4.54. The molecule has 0 saturated carbocycles. The van der Waals surface area contributed by atoms with E-state index in [2.05, 4.69) is 10.2 Å². The Morgan fingerprint density at radius 1 is 1.05 bits per heavy atom. The second kappa shape index (κ2) is 9.38. The van der Waals surface area contributed by atoms with Crippen LogP contribution in [0.15, 0.2) is 70.4 Å². The van der Waals surface area contributed by atoms with Gasteiger partial charge in [0, 0.05) is 36.5 Å². The topological polar surface area (TPSA) is 128 Å². The summed E-state index contributed by atoms with van der Waals surface area (Å²) in [7, 11) is 1.44. The Morgan fingerprint density at radius 3 is 2.49 bits per heavy atom. The second-order valence-electron chi connectivity index (χ2n) is 9.37. The van der Waals surface area contributed by atoms with Gasteiger partial charge in [-0.25, -0.2) is 9.59 Å². The van der Waals surface area contributed by atoms with E-state index in [4.69, 9.17) is 5.10 Å². The van der Waals surface area contributed by atoms with Gasteiger partial charge in [-0.1, -0.05) is 56.3 Å². The Hall–Kier alpha value is -4.73. The first-order chi connectivity index (χ1) is 17.8. The van der Waals surface area contributed by atoms with Crippen molar-refractivity contribution in [2.75, 3.05) is 0 Å². The molecule has 3 heterocycles. The molecule has 0 bridgehead atoms. The Labute approximate surface area is 211 Å². The zero-order valence-electron chi connectivity index (χ0n) is 20.7. The van der Waals surface area contributed by atoms with Crippen molar-refractivity contribution in [3.63, 3.8) is 0 Å². The number of carbonyl (C=O) groups is 1. The van der Waals surface area contributed by atoms with E-state index in [0.29, 0.717) is 17.8 Å². The van der Waals surface area contributed by atoms with Gasteiger partial charge in [0.1, 0.15) is 5.39 Å². The third-order valence-electron chi connectivity index (χ3n) is 6.24. The van der Waals surface area contributed by atoms with Crippen molar-refractivity contribution in [1.82, 2.24) is 29.1 Å². The van der Waals surface area contributed by atoms with Gasteiger partial charge < -0.3 is 5.11 Å². The summed E-state index contributed by atoms with van der Waals surface area (Å²) in [5.41, 5.74) is 2.84. The zero-order valence-corrected chi connectivity index (χ0v) is 20.7. The largest absolute Gasteiger partial charge is 0.478 e. The average molecular weight is 499 g/mol. The highest BCUT2D eigenvalue weighted by molar-refractivity contribution is 5.94. The van der Waals surface area contributed by atoms with Gasteiger partial charge in [-0.05, 0) is 18.1 Å². The molecule has 3 aromatic heterocycles. The molecule has 5 aromatic rings. The van der Waals surface area contributed by atoms with Crippen molar-refractivity contribution < 1.29 is 9.90 Å². The van der Waals surface area contributed by atoms with Crippen LogP contribution in [-0.2, 0) is 20.1 Å². The molecule has 37 heavy (non-hydrogen) atoms. The third-order valence-corrected chi connectivity index (χ3v) is 6.24. The van der Waals surface area contributed by atoms with Gasteiger partial charge in [0.25, 0.3) is 5.56 Å². The molecular weight excluding hydrogens is 472 g/mol. The van der Waals surface area contributed by atoms with Crippen molar-refractivity contribution >= 4 is 17.0 Å². The lowest BCUT2D eigenvalue weighted by atomic mass is 10.1. The van der Waals surface area contributed by atoms with E-state index in [0.717, 1.165) is 21.4 Å². The summed E-state index contributed by atoms with van der Waals surface area (Å²) in [5.74, 6) is -0.955. The van der Waals surface area contributed by atoms with Crippen molar-refractivity contribution in [1.29, 1.82) is 0 Å². The Bertz CT molecular complexity index is 1740. The standard InChI is InChI=1S/C27H26N6O4/c1-16(2)14-32-24-21(25(34)31(3)27(32)37)23(18-10-7-11-19(12-18)26(35)36)33(30-24)15-20-13-28-29-22(20)17-8-5-4-6-9-17/h4-13,16H,14-15H2,1-3H3,(H,28,29)(H,35,36). The van der Waals surface area contributed by atoms with E-state index in [1.165, 1.54) is 23.7 Å². The van der Waals surface area contributed by atoms with Crippen molar-refractivity contribution in [2.45, 2.75) is 26.9 Å². The van der Waals surface area contributed by atoms with Gasteiger partial charge in [-0.15, -0.1) is 0 Å². The van der Waals surface area contributed by atoms with Crippen LogP contribution in [0.4, 0.5) is 0 Å². The van der Waals surface area contributed by atoms with Crippen LogP contribution in [0.25, 0.3) is 33.5 Å². The van der Waals surface area contributed by atoms with Crippen LogP contribution in [0.2, 0.25) is 0 Å². The summed E-state index contributed by atoms with van der Waals surface area (Å²) in [6, 6.07) is 16.0. The molecule has 10 nitrogen and oxygen atoms in total. The number of carboxylic acid groups (broad SMARTS) is 1. The highest BCUT2D eigenvalue weighted by Gasteiger charge is 2.24. The zero-order chi connectivity index (χ0) is 26.3. The number of rotatable bonds is 7. The number of aromatic carboxylic acids is 1. The SMILES string of the molecule is CC(C)Cn1c(=O)n(C)c(=O)c2c(-c3cccc(C(=O)O)c3)n(Cc3c[nH]nc3-c3ccccc3)nc21. The van der Waals surface area contributed by atoms with Crippen molar-refractivity contribution in [3.8, 4) is 22.5 Å². The quantitative estimate of drug-likeness (QED) is 0.354. The molecule has 0 unspecified atom stereocenters. The maximum absolute atomic E-state index is 13.5. The van der Waals surface area contributed by atoms with Crippen LogP contribution >= 0.6 is 0 Å². The lowest BCUT2D eigenvalue weighted by Gasteiger charge is -2.11. The van der Waals surface area contributed by atoms with E-state index >= 15 is 0 Å². The number of carboxylic acids is 1. The van der Waals surface area contributed by atoms with Crippen LogP contribution in [0.3, 0.4) is 0 Å². The maximum Gasteiger partial charge on any atom is 0.335 e. The van der Waals surface area contributed by atoms with Crippen LogP contribution in [0.5, 0.6) is 0 Å². The Morgan fingerprint density at radius 2 is 1.78 bits per heavy atom. The van der Waals surface area contributed by atoms with E-state index in [-0.39, 0.29) is 29.1 Å². The summed E-state index contributed by atoms with van der Waals surface area (Å²) in [6.07, 6.45) is 1.77. The van der Waals surface area contributed by atoms with Crippen LogP contribution in [-0.4, -0.2) is 40.2 Å². The maximum atomic E-state index is 13.5. The molecule has 10 heteroatoms.